The molecular weight excluding hydrogens is 472 g/mol. The molecule has 0 N–H and O–H groups in total. The van der Waals surface area contributed by atoms with Crippen LogP contribution in [-0.4, -0.2) is 54.6 Å². The Kier molecular flexibility index (Phi) is 5.12. The highest BCUT2D eigenvalue weighted by Crippen LogP contribution is 2.49. The largest absolute Gasteiger partial charge is 0.367 e. The first kappa shape index (κ1) is 22.4. The normalized spacial score (nSPS) is 19.7. The second kappa shape index (κ2) is 8.70. The molecule has 4 aliphatic rings. The molecule has 4 aromatic rings. The summed E-state index contributed by atoms with van der Waals surface area (Å²) >= 11 is 0. The maximum absolute atomic E-state index is 14.1. The molecule has 6 nitrogen and oxygen atoms in total. The second-order valence-corrected chi connectivity index (χ2v) is 11.2. The van der Waals surface area contributed by atoms with E-state index in [2.05, 4.69) is 50.2 Å². The maximum Gasteiger partial charge on any atom is 0.196 e. The molecule has 6 heteroatoms. The van der Waals surface area contributed by atoms with Crippen molar-refractivity contribution in [2.24, 2.45) is 0 Å². The van der Waals surface area contributed by atoms with Crippen LogP contribution in [0.1, 0.15) is 53.6 Å². The van der Waals surface area contributed by atoms with Crippen molar-refractivity contribution in [1.82, 2.24) is 10.1 Å². The third-order valence-electron chi connectivity index (χ3n) is 9.28. The highest BCUT2D eigenvalue weighted by molar-refractivity contribution is 6.29. The number of carbonyl (C=O) groups excluding carboxylic acids is 1. The van der Waals surface area contributed by atoms with Crippen LogP contribution in [-0.2, 0) is 6.42 Å². The van der Waals surface area contributed by atoms with Crippen molar-refractivity contribution in [3.8, 4) is 11.3 Å². The van der Waals surface area contributed by atoms with Gasteiger partial charge in [0.05, 0.1) is 22.3 Å². The van der Waals surface area contributed by atoms with E-state index in [-0.39, 0.29) is 5.78 Å². The minimum Gasteiger partial charge on any atom is -0.367 e. The van der Waals surface area contributed by atoms with Gasteiger partial charge in [-0.3, -0.25) is 9.69 Å². The van der Waals surface area contributed by atoms with Crippen molar-refractivity contribution < 1.29 is 9.32 Å². The van der Waals surface area contributed by atoms with Gasteiger partial charge < -0.3 is 14.3 Å². The zero-order valence-corrected chi connectivity index (χ0v) is 21.7. The molecule has 1 aromatic heterocycles. The molecule has 0 spiro atoms. The molecule has 192 valence electrons. The Morgan fingerprint density at radius 2 is 1.55 bits per heavy atom. The fraction of sp³-hybridized carbons (Fsp3) is 0.375. The second-order valence-electron chi connectivity index (χ2n) is 11.2. The molecule has 0 radical (unpaired) electrons. The molecular formula is C32H32N4O2. The van der Waals surface area contributed by atoms with Crippen LogP contribution in [0, 0.1) is 0 Å². The molecule has 3 heterocycles. The molecule has 8 rings (SSSR count). The summed E-state index contributed by atoms with van der Waals surface area (Å²) in [6.07, 6.45) is 7.77. The van der Waals surface area contributed by atoms with Gasteiger partial charge in [-0.25, -0.2) is 0 Å². The van der Waals surface area contributed by atoms with Gasteiger partial charge in [-0.2, -0.15) is 0 Å². The van der Waals surface area contributed by atoms with Crippen LogP contribution in [0.4, 0.5) is 17.1 Å². The molecule has 1 saturated carbocycles. The topological polar surface area (TPSA) is 52.8 Å². The summed E-state index contributed by atoms with van der Waals surface area (Å²) in [6, 6.07) is 19.3. The Balaban J connectivity index is 1.26. The first-order valence-corrected chi connectivity index (χ1v) is 14.2. The summed E-state index contributed by atoms with van der Waals surface area (Å²) in [4.78, 5) is 21.6. The highest BCUT2D eigenvalue weighted by atomic mass is 16.5. The molecule has 0 amide bonds. The predicted molar refractivity (Wildman–Crippen MR) is 151 cm³/mol. The van der Waals surface area contributed by atoms with E-state index in [4.69, 9.17) is 4.52 Å². The summed E-state index contributed by atoms with van der Waals surface area (Å²) in [5, 5.41) is 5.49. The molecule has 2 aliphatic carbocycles. The summed E-state index contributed by atoms with van der Waals surface area (Å²) in [5.74, 6) is 0.788. The van der Waals surface area contributed by atoms with Crippen LogP contribution in [0.5, 0.6) is 0 Å². The number of para-hydroxylation sites is 1. The Morgan fingerprint density at radius 1 is 0.789 bits per heavy atom. The number of anilines is 3. The highest BCUT2D eigenvalue weighted by Gasteiger charge is 2.37. The summed E-state index contributed by atoms with van der Waals surface area (Å²) < 4.78 is 6.05. The lowest BCUT2D eigenvalue weighted by Crippen LogP contribution is -2.51. The van der Waals surface area contributed by atoms with E-state index in [0.29, 0.717) is 5.56 Å². The van der Waals surface area contributed by atoms with Crippen molar-refractivity contribution in [2.75, 3.05) is 42.5 Å². The predicted octanol–water partition coefficient (Wildman–Crippen LogP) is 6.19. The van der Waals surface area contributed by atoms with Gasteiger partial charge in [-0.05, 0) is 37.0 Å². The van der Waals surface area contributed by atoms with Crippen molar-refractivity contribution in [2.45, 2.75) is 44.6 Å². The number of nitrogens with zero attached hydrogens (tertiary/aromatic N) is 4. The fourth-order valence-electron chi connectivity index (χ4n) is 7.34. The molecule has 2 aliphatic heterocycles. The smallest absolute Gasteiger partial charge is 0.196 e. The number of piperazine rings is 1. The molecule has 0 unspecified atom stereocenters. The van der Waals surface area contributed by atoms with Crippen molar-refractivity contribution in [1.29, 1.82) is 0 Å². The van der Waals surface area contributed by atoms with Crippen LogP contribution in [0.2, 0.25) is 0 Å². The number of rotatable bonds is 3. The Labute approximate surface area is 222 Å². The maximum atomic E-state index is 14.1. The van der Waals surface area contributed by atoms with E-state index in [1.807, 2.05) is 24.3 Å². The number of hydrogen-bond donors (Lipinski definition) is 0. The van der Waals surface area contributed by atoms with E-state index in [1.165, 1.54) is 43.4 Å². The van der Waals surface area contributed by atoms with E-state index in [1.54, 1.807) is 0 Å². The van der Waals surface area contributed by atoms with Gasteiger partial charge in [-0.15, -0.1) is 0 Å². The average molecular weight is 505 g/mol. The first-order valence-electron chi connectivity index (χ1n) is 14.2. The number of ketones is 1. The van der Waals surface area contributed by atoms with Crippen LogP contribution >= 0.6 is 0 Å². The summed E-state index contributed by atoms with van der Waals surface area (Å²) in [5.41, 5.74) is 7.69. The van der Waals surface area contributed by atoms with Crippen LogP contribution < -0.4 is 9.80 Å². The van der Waals surface area contributed by atoms with E-state index < -0.39 is 0 Å². The summed E-state index contributed by atoms with van der Waals surface area (Å²) in [7, 11) is 0. The average Bonchev–Trinajstić information content (AvgIpc) is 3.62. The quantitative estimate of drug-likeness (QED) is 0.292. The zero-order valence-electron chi connectivity index (χ0n) is 21.7. The monoisotopic (exact) mass is 504 g/mol. The third kappa shape index (κ3) is 3.29. The van der Waals surface area contributed by atoms with Gasteiger partial charge >= 0.3 is 0 Å². The lowest BCUT2D eigenvalue weighted by atomic mass is 9.86. The molecule has 1 saturated heterocycles. The molecule has 0 atom stereocenters. The third-order valence-corrected chi connectivity index (χ3v) is 9.28. The number of benzene rings is 3. The van der Waals surface area contributed by atoms with Crippen molar-refractivity contribution >= 4 is 33.7 Å². The Bertz CT molecular complexity index is 1560. The Hall–Kier alpha value is -3.64. The van der Waals surface area contributed by atoms with Crippen LogP contribution in [0.25, 0.3) is 22.2 Å². The number of carbonyl (C=O) groups is 1. The fourth-order valence-corrected chi connectivity index (χ4v) is 7.34. The van der Waals surface area contributed by atoms with E-state index >= 15 is 0 Å². The van der Waals surface area contributed by atoms with Gasteiger partial charge in [0, 0.05) is 55.6 Å². The Morgan fingerprint density at radius 3 is 2.39 bits per heavy atom. The number of hydrogen-bond acceptors (Lipinski definition) is 6. The first-order chi connectivity index (χ1) is 18.8. The minimum atomic E-state index is 0.0642. The van der Waals surface area contributed by atoms with Crippen molar-refractivity contribution in [3.05, 3.63) is 71.3 Å². The van der Waals surface area contributed by atoms with Crippen molar-refractivity contribution in [3.63, 3.8) is 0 Å². The van der Waals surface area contributed by atoms with E-state index in [9.17, 15) is 4.79 Å². The van der Waals surface area contributed by atoms with E-state index in [0.717, 1.165) is 84.4 Å². The lowest BCUT2D eigenvalue weighted by Gasteiger charge is -2.41. The minimum absolute atomic E-state index is 0.0642. The number of aromatic nitrogens is 1. The lowest BCUT2D eigenvalue weighted by molar-refractivity contribution is 0.104. The standard InChI is InChI=1S/C32H32N4O2/c37-31-23-11-5-6-12-24(23)32-29-28(31)26(36-15-14-21-8-4-7-13-25(21)36)20-27(30(29)33-38-32)35-18-16-34(17-19-35)22-9-2-1-3-10-22/h4-8,11-13,20,22H,1-3,9-10,14-19H2. The van der Waals surface area contributed by atoms with Gasteiger partial charge in [0.25, 0.3) is 0 Å². The van der Waals surface area contributed by atoms with Gasteiger partial charge in [-0.1, -0.05) is 66.9 Å². The molecule has 38 heavy (non-hydrogen) atoms. The SMILES string of the molecule is O=C1c2ccccc2-c2onc3c(N4CCN(C5CCCCC5)CC4)cc(N4CCc5ccccc54)c1c23. The summed E-state index contributed by atoms with van der Waals surface area (Å²) in [6.45, 7) is 4.94. The molecule has 0 bridgehead atoms. The van der Waals surface area contributed by atoms with Crippen LogP contribution in [0.3, 0.4) is 0 Å². The van der Waals surface area contributed by atoms with Gasteiger partial charge in [0.15, 0.2) is 11.5 Å². The van der Waals surface area contributed by atoms with Gasteiger partial charge in [0.2, 0.25) is 0 Å². The van der Waals surface area contributed by atoms with Gasteiger partial charge in [0.1, 0.15) is 5.52 Å². The van der Waals surface area contributed by atoms with Crippen LogP contribution in [0.15, 0.2) is 59.1 Å². The molecule has 2 fully saturated rings. The number of fused-ring (bicyclic) bond motifs is 3. The molecule has 3 aromatic carbocycles. The zero-order chi connectivity index (χ0) is 25.2.